The Bertz CT molecular complexity index is 873. The zero-order valence-electron chi connectivity index (χ0n) is 13.3. The van der Waals surface area contributed by atoms with Crippen LogP contribution in [0.1, 0.15) is 10.4 Å². The lowest BCUT2D eigenvalue weighted by Crippen LogP contribution is -2.49. The quantitative estimate of drug-likeness (QED) is 0.720. The molecule has 2 aromatic carbocycles. The number of carbonyl (C=O) groups is 3. The number of halogens is 2. The number of benzene rings is 2. The lowest BCUT2D eigenvalue weighted by atomic mass is 10.2. The van der Waals surface area contributed by atoms with Crippen LogP contribution in [0.15, 0.2) is 46.9 Å². The summed E-state index contributed by atoms with van der Waals surface area (Å²) in [5, 5.41) is 0.502. The number of anilines is 1. The first-order chi connectivity index (χ1) is 12.4. The van der Waals surface area contributed by atoms with E-state index in [9.17, 15) is 14.4 Å². The van der Waals surface area contributed by atoms with Gasteiger partial charge in [0.15, 0.2) is 6.61 Å². The van der Waals surface area contributed by atoms with Crippen molar-refractivity contribution in [3.8, 4) is 5.75 Å². The van der Waals surface area contributed by atoms with Gasteiger partial charge in [-0.1, -0.05) is 27.5 Å². The molecule has 2 aromatic rings. The summed E-state index contributed by atoms with van der Waals surface area (Å²) in [6, 6.07) is 11.3. The standard InChI is InChI=1S/C17H13BrClN3O4/c18-11-3-6-13-14(7-11)26-9-16(24)22(13)8-15(23)20-21-17(25)10-1-4-12(19)5-2-10/h1-7H,8-9H2,(H,20,23)(H,21,25). The van der Waals surface area contributed by atoms with Crippen LogP contribution < -0.4 is 20.5 Å². The third-order valence-corrected chi connectivity index (χ3v) is 4.33. The Morgan fingerprint density at radius 3 is 2.62 bits per heavy atom. The molecule has 3 rings (SSSR count). The zero-order chi connectivity index (χ0) is 18.7. The minimum absolute atomic E-state index is 0.159. The highest BCUT2D eigenvalue weighted by atomic mass is 79.9. The van der Waals surface area contributed by atoms with E-state index < -0.39 is 11.8 Å². The molecule has 3 amide bonds. The molecule has 1 heterocycles. The molecule has 0 aromatic heterocycles. The molecule has 1 aliphatic heterocycles. The van der Waals surface area contributed by atoms with Gasteiger partial charge in [0.05, 0.1) is 5.69 Å². The molecule has 0 spiro atoms. The highest BCUT2D eigenvalue weighted by Gasteiger charge is 2.27. The molecule has 0 fully saturated rings. The van der Waals surface area contributed by atoms with Gasteiger partial charge in [-0.2, -0.15) is 0 Å². The van der Waals surface area contributed by atoms with Gasteiger partial charge in [0.25, 0.3) is 17.7 Å². The first-order valence-electron chi connectivity index (χ1n) is 7.51. The number of carbonyl (C=O) groups excluding carboxylic acids is 3. The summed E-state index contributed by atoms with van der Waals surface area (Å²) in [5.74, 6) is -0.889. The summed E-state index contributed by atoms with van der Waals surface area (Å²) in [7, 11) is 0. The Morgan fingerprint density at radius 1 is 1.15 bits per heavy atom. The third-order valence-electron chi connectivity index (χ3n) is 3.59. The van der Waals surface area contributed by atoms with Crippen molar-refractivity contribution in [2.45, 2.75) is 0 Å². The molecular formula is C17H13BrClN3O4. The topological polar surface area (TPSA) is 87.7 Å². The second-order valence-electron chi connectivity index (χ2n) is 5.39. The van der Waals surface area contributed by atoms with Gasteiger partial charge in [0, 0.05) is 15.1 Å². The maximum atomic E-state index is 12.1. The Kier molecular flexibility index (Phi) is 5.43. The first-order valence-corrected chi connectivity index (χ1v) is 8.68. The average molecular weight is 439 g/mol. The monoisotopic (exact) mass is 437 g/mol. The van der Waals surface area contributed by atoms with Crippen LogP contribution in [0, 0.1) is 0 Å². The number of fused-ring (bicyclic) bond motifs is 1. The van der Waals surface area contributed by atoms with Crippen LogP contribution in [0.5, 0.6) is 5.75 Å². The molecule has 0 saturated heterocycles. The summed E-state index contributed by atoms with van der Waals surface area (Å²) >= 11 is 9.09. The molecule has 0 unspecified atom stereocenters. The van der Waals surface area contributed by atoms with Gasteiger partial charge in [-0.25, -0.2) is 0 Å². The minimum atomic E-state index is -0.545. The number of hydrogen-bond donors (Lipinski definition) is 2. The number of nitrogens with zero attached hydrogens (tertiary/aromatic N) is 1. The molecule has 0 bridgehead atoms. The average Bonchev–Trinajstić information content (AvgIpc) is 2.62. The molecule has 9 heteroatoms. The van der Waals surface area contributed by atoms with E-state index in [-0.39, 0.29) is 19.1 Å². The van der Waals surface area contributed by atoms with Crippen molar-refractivity contribution < 1.29 is 19.1 Å². The van der Waals surface area contributed by atoms with Gasteiger partial charge in [-0.15, -0.1) is 0 Å². The fraction of sp³-hybridized carbons (Fsp3) is 0.118. The predicted octanol–water partition coefficient (Wildman–Crippen LogP) is 2.29. The van der Waals surface area contributed by atoms with Gasteiger partial charge in [-0.3, -0.25) is 30.1 Å². The fourth-order valence-corrected chi connectivity index (χ4v) is 2.80. The lowest BCUT2D eigenvalue weighted by molar-refractivity contribution is -0.125. The summed E-state index contributed by atoms with van der Waals surface area (Å²) in [6.07, 6.45) is 0. The van der Waals surface area contributed by atoms with E-state index in [1.54, 1.807) is 30.3 Å². The maximum Gasteiger partial charge on any atom is 0.269 e. The van der Waals surface area contributed by atoms with E-state index in [1.165, 1.54) is 17.0 Å². The number of hydrazine groups is 1. The Hall–Kier alpha value is -2.58. The number of amides is 3. The van der Waals surface area contributed by atoms with E-state index in [0.717, 1.165) is 4.47 Å². The van der Waals surface area contributed by atoms with Crippen molar-refractivity contribution in [3.05, 3.63) is 57.5 Å². The van der Waals surface area contributed by atoms with Crippen LogP contribution in [0.3, 0.4) is 0 Å². The second kappa shape index (κ2) is 7.76. The van der Waals surface area contributed by atoms with E-state index in [0.29, 0.717) is 22.0 Å². The predicted molar refractivity (Wildman–Crippen MR) is 99.1 cm³/mol. The summed E-state index contributed by atoms with van der Waals surface area (Å²) < 4.78 is 6.16. The SMILES string of the molecule is O=C(CN1C(=O)COc2cc(Br)ccc21)NNC(=O)c1ccc(Cl)cc1. The minimum Gasteiger partial charge on any atom is -0.482 e. The summed E-state index contributed by atoms with van der Waals surface area (Å²) in [6.45, 7) is -0.411. The molecule has 1 aliphatic rings. The van der Waals surface area contributed by atoms with Crippen LogP contribution in [-0.4, -0.2) is 30.9 Å². The number of nitrogens with one attached hydrogen (secondary N) is 2. The fourth-order valence-electron chi connectivity index (χ4n) is 2.33. The normalized spacial score (nSPS) is 12.8. The molecule has 0 aliphatic carbocycles. The highest BCUT2D eigenvalue weighted by Crippen LogP contribution is 2.34. The van der Waals surface area contributed by atoms with Crippen molar-refractivity contribution in [1.82, 2.24) is 10.9 Å². The van der Waals surface area contributed by atoms with E-state index in [1.807, 2.05) is 0 Å². The van der Waals surface area contributed by atoms with Crippen LogP contribution in [0.25, 0.3) is 0 Å². The number of ether oxygens (including phenoxy) is 1. The molecule has 2 N–H and O–H groups in total. The second-order valence-corrected chi connectivity index (χ2v) is 6.74. The van der Waals surface area contributed by atoms with Crippen molar-refractivity contribution in [1.29, 1.82) is 0 Å². The van der Waals surface area contributed by atoms with Gasteiger partial charge >= 0.3 is 0 Å². The largest absolute Gasteiger partial charge is 0.482 e. The molecule has 0 atom stereocenters. The van der Waals surface area contributed by atoms with Crippen LogP contribution in [0.2, 0.25) is 5.02 Å². The zero-order valence-corrected chi connectivity index (χ0v) is 15.6. The smallest absolute Gasteiger partial charge is 0.269 e. The first kappa shape index (κ1) is 18.2. The van der Waals surface area contributed by atoms with Crippen LogP contribution in [0.4, 0.5) is 5.69 Å². The van der Waals surface area contributed by atoms with Crippen molar-refractivity contribution in [2.75, 3.05) is 18.1 Å². The molecule has 0 radical (unpaired) electrons. The Morgan fingerprint density at radius 2 is 1.88 bits per heavy atom. The van der Waals surface area contributed by atoms with Crippen molar-refractivity contribution >= 4 is 50.9 Å². The van der Waals surface area contributed by atoms with E-state index >= 15 is 0 Å². The summed E-state index contributed by atoms with van der Waals surface area (Å²) in [5.41, 5.74) is 5.42. The van der Waals surface area contributed by atoms with Gasteiger partial charge in [-0.05, 0) is 42.5 Å². The molecule has 26 heavy (non-hydrogen) atoms. The van der Waals surface area contributed by atoms with Crippen LogP contribution >= 0.6 is 27.5 Å². The molecule has 7 nitrogen and oxygen atoms in total. The highest BCUT2D eigenvalue weighted by molar-refractivity contribution is 9.10. The summed E-state index contributed by atoms with van der Waals surface area (Å²) in [4.78, 5) is 37.5. The maximum absolute atomic E-state index is 12.1. The molecule has 0 saturated carbocycles. The van der Waals surface area contributed by atoms with Gasteiger partial charge in [0.1, 0.15) is 12.3 Å². The lowest BCUT2D eigenvalue weighted by Gasteiger charge is -2.28. The van der Waals surface area contributed by atoms with Crippen molar-refractivity contribution in [2.24, 2.45) is 0 Å². The van der Waals surface area contributed by atoms with Crippen LogP contribution in [-0.2, 0) is 9.59 Å². The van der Waals surface area contributed by atoms with Crippen molar-refractivity contribution in [3.63, 3.8) is 0 Å². The molecular weight excluding hydrogens is 426 g/mol. The Balaban J connectivity index is 1.62. The Labute approximate surface area is 162 Å². The molecule has 134 valence electrons. The number of rotatable bonds is 3. The number of hydrogen-bond acceptors (Lipinski definition) is 4. The third kappa shape index (κ3) is 4.14. The van der Waals surface area contributed by atoms with Gasteiger partial charge < -0.3 is 4.74 Å². The van der Waals surface area contributed by atoms with E-state index in [4.69, 9.17) is 16.3 Å². The van der Waals surface area contributed by atoms with Gasteiger partial charge in [0.2, 0.25) is 0 Å². The van der Waals surface area contributed by atoms with E-state index in [2.05, 4.69) is 26.8 Å².